The van der Waals surface area contributed by atoms with Gasteiger partial charge in [0, 0.05) is 30.6 Å². The molecule has 3 nitrogen and oxygen atoms in total. The maximum absolute atomic E-state index is 9.04. The Morgan fingerprint density at radius 2 is 2.32 bits per heavy atom. The summed E-state index contributed by atoms with van der Waals surface area (Å²) in [5, 5.41) is 13.5. The zero-order valence-electron chi connectivity index (χ0n) is 12.1. The molecule has 104 valence electrons. The molecule has 1 saturated carbocycles. The molecule has 2 rings (SSSR count). The van der Waals surface area contributed by atoms with E-state index in [0.29, 0.717) is 6.04 Å². The van der Waals surface area contributed by atoms with Crippen molar-refractivity contribution in [3.63, 3.8) is 0 Å². The van der Waals surface area contributed by atoms with Crippen molar-refractivity contribution in [1.29, 1.82) is 5.26 Å². The van der Waals surface area contributed by atoms with Gasteiger partial charge in [-0.15, -0.1) is 0 Å². The molecule has 1 N–H and O–H groups in total. The molecule has 1 aliphatic carbocycles. The van der Waals surface area contributed by atoms with Crippen molar-refractivity contribution in [2.75, 3.05) is 5.75 Å². The summed E-state index contributed by atoms with van der Waals surface area (Å²) in [4.78, 5) is 0. The van der Waals surface area contributed by atoms with Crippen LogP contribution < -0.4 is 5.32 Å². The fourth-order valence-electron chi connectivity index (χ4n) is 2.82. The SMILES string of the molecule is CCSC1CCC(NCc2cc(C#N)n(C)c2C)C1. The first-order chi connectivity index (χ1) is 9.15. The van der Waals surface area contributed by atoms with Crippen LogP contribution in [0.1, 0.15) is 43.1 Å². The maximum atomic E-state index is 9.04. The van der Waals surface area contributed by atoms with Crippen LogP contribution in [-0.2, 0) is 13.6 Å². The fraction of sp³-hybridized carbons (Fsp3) is 0.667. The Hall–Kier alpha value is -0.920. The van der Waals surface area contributed by atoms with E-state index in [1.54, 1.807) is 0 Å². The summed E-state index contributed by atoms with van der Waals surface area (Å²) in [5.41, 5.74) is 3.20. The van der Waals surface area contributed by atoms with Crippen molar-refractivity contribution in [1.82, 2.24) is 9.88 Å². The van der Waals surface area contributed by atoms with Crippen molar-refractivity contribution in [2.24, 2.45) is 7.05 Å². The van der Waals surface area contributed by atoms with Gasteiger partial charge in [0.25, 0.3) is 0 Å². The predicted molar refractivity (Wildman–Crippen MR) is 81.3 cm³/mol. The summed E-state index contributed by atoms with van der Waals surface area (Å²) < 4.78 is 1.97. The van der Waals surface area contributed by atoms with E-state index in [0.717, 1.165) is 17.5 Å². The second-order valence-corrected chi connectivity index (χ2v) is 6.86. The number of hydrogen-bond acceptors (Lipinski definition) is 3. The molecule has 2 unspecified atom stereocenters. The Morgan fingerprint density at radius 3 is 2.95 bits per heavy atom. The Labute approximate surface area is 120 Å². The van der Waals surface area contributed by atoms with E-state index in [1.165, 1.54) is 36.3 Å². The normalized spacial score (nSPS) is 22.6. The lowest BCUT2D eigenvalue weighted by Gasteiger charge is -2.13. The van der Waals surface area contributed by atoms with Crippen molar-refractivity contribution >= 4 is 11.8 Å². The van der Waals surface area contributed by atoms with Crippen molar-refractivity contribution in [2.45, 2.75) is 50.9 Å². The Kier molecular flexibility index (Phi) is 4.95. The minimum atomic E-state index is 0.647. The Bertz CT molecular complexity index is 472. The molecule has 1 aromatic rings. The third-order valence-corrected chi connectivity index (χ3v) is 5.36. The molecule has 0 aliphatic heterocycles. The first-order valence-electron chi connectivity index (χ1n) is 7.06. The number of nitriles is 1. The van der Waals surface area contributed by atoms with Crippen LogP contribution in [0.25, 0.3) is 0 Å². The molecule has 0 bridgehead atoms. The number of hydrogen-bond donors (Lipinski definition) is 1. The molecule has 2 atom stereocenters. The lowest BCUT2D eigenvalue weighted by Crippen LogP contribution is -2.26. The van der Waals surface area contributed by atoms with Crippen molar-refractivity contribution in [3.8, 4) is 6.07 Å². The Morgan fingerprint density at radius 1 is 1.53 bits per heavy atom. The second kappa shape index (κ2) is 6.49. The first kappa shape index (κ1) is 14.5. The van der Waals surface area contributed by atoms with Gasteiger partial charge in [-0.25, -0.2) is 0 Å². The average Bonchev–Trinajstić information content (AvgIpc) is 2.95. The molecule has 4 heteroatoms. The molecule has 0 spiro atoms. The molecule has 0 saturated heterocycles. The third kappa shape index (κ3) is 3.34. The Balaban J connectivity index is 1.88. The summed E-state index contributed by atoms with van der Waals surface area (Å²) in [6.45, 7) is 5.21. The van der Waals surface area contributed by atoms with E-state index in [2.05, 4.69) is 37.0 Å². The van der Waals surface area contributed by atoms with Crippen LogP contribution in [0.15, 0.2) is 6.07 Å². The van der Waals surface area contributed by atoms with Crippen LogP contribution in [0.3, 0.4) is 0 Å². The number of thioether (sulfide) groups is 1. The topological polar surface area (TPSA) is 40.8 Å². The summed E-state index contributed by atoms with van der Waals surface area (Å²) in [6, 6.07) is 4.90. The summed E-state index contributed by atoms with van der Waals surface area (Å²) in [7, 11) is 1.96. The van der Waals surface area contributed by atoms with Gasteiger partial charge in [0.1, 0.15) is 11.8 Å². The minimum Gasteiger partial charge on any atom is -0.340 e. The highest BCUT2D eigenvalue weighted by molar-refractivity contribution is 7.99. The van der Waals surface area contributed by atoms with E-state index in [1.807, 2.05) is 17.7 Å². The number of aromatic nitrogens is 1. The lowest BCUT2D eigenvalue weighted by atomic mass is 10.2. The molecule has 0 amide bonds. The molecule has 0 aromatic carbocycles. The maximum Gasteiger partial charge on any atom is 0.120 e. The molecule has 1 aromatic heterocycles. The fourth-order valence-corrected chi connectivity index (χ4v) is 3.96. The van der Waals surface area contributed by atoms with Gasteiger partial charge in [-0.2, -0.15) is 17.0 Å². The van der Waals surface area contributed by atoms with Crippen LogP contribution in [0.2, 0.25) is 0 Å². The van der Waals surface area contributed by atoms with Gasteiger partial charge in [0.2, 0.25) is 0 Å². The zero-order valence-corrected chi connectivity index (χ0v) is 12.9. The molecule has 0 radical (unpaired) electrons. The zero-order chi connectivity index (χ0) is 13.8. The summed E-state index contributed by atoms with van der Waals surface area (Å²) >= 11 is 2.09. The third-order valence-electron chi connectivity index (χ3n) is 4.12. The van der Waals surface area contributed by atoms with E-state index < -0.39 is 0 Å². The van der Waals surface area contributed by atoms with Crippen LogP contribution in [0.5, 0.6) is 0 Å². The van der Waals surface area contributed by atoms with Gasteiger partial charge in [-0.05, 0) is 43.6 Å². The molecule has 1 heterocycles. The van der Waals surface area contributed by atoms with Gasteiger partial charge in [0.15, 0.2) is 0 Å². The van der Waals surface area contributed by atoms with Crippen LogP contribution in [-0.4, -0.2) is 21.6 Å². The summed E-state index contributed by atoms with van der Waals surface area (Å²) in [5.74, 6) is 1.22. The summed E-state index contributed by atoms with van der Waals surface area (Å²) in [6.07, 6.45) is 3.91. The molecular formula is C15H23N3S. The van der Waals surface area contributed by atoms with Gasteiger partial charge >= 0.3 is 0 Å². The quantitative estimate of drug-likeness (QED) is 0.899. The molecule has 1 fully saturated rings. The predicted octanol–water partition coefficient (Wildman–Crippen LogP) is 2.97. The van der Waals surface area contributed by atoms with Crippen molar-refractivity contribution < 1.29 is 0 Å². The van der Waals surface area contributed by atoms with Crippen molar-refractivity contribution in [3.05, 3.63) is 23.0 Å². The highest BCUT2D eigenvalue weighted by atomic mass is 32.2. The molecule has 19 heavy (non-hydrogen) atoms. The van der Waals surface area contributed by atoms with Gasteiger partial charge in [0.05, 0.1) is 0 Å². The minimum absolute atomic E-state index is 0.647. The van der Waals surface area contributed by atoms with E-state index in [4.69, 9.17) is 5.26 Å². The highest BCUT2D eigenvalue weighted by Crippen LogP contribution is 2.30. The number of rotatable bonds is 5. The van der Waals surface area contributed by atoms with Crippen LogP contribution in [0, 0.1) is 18.3 Å². The van der Waals surface area contributed by atoms with E-state index in [-0.39, 0.29) is 0 Å². The largest absolute Gasteiger partial charge is 0.340 e. The van der Waals surface area contributed by atoms with E-state index in [9.17, 15) is 0 Å². The first-order valence-corrected chi connectivity index (χ1v) is 8.10. The molecular weight excluding hydrogens is 254 g/mol. The lowest BCUT2D eigenvalue weighted by molar-refractivity contribution is 0.524. The van der Waals surface area contributed by atoms with Gasteiger partial charge < -0.3 is 9.88 Å². The van der Waals surface area contributed by atoms with Gasteiger partial charge in [-0.3, -0.25) is 0 Å². The highest BCUT2D eigenvalue weighted by Gasteiger charge is 2.24. The number of nitrogens with zero attached hydrogens (tertiary/aromatic N) is 2. The molecule has 1 aliphatic rings. The van der Waals surface area contributed by atoms with Gasteiger partial charge in [-0.1, -0.05) is 6.92 Å². The smallest absolute Gasteiger partial charge is 0.120 e. The standard InChI is InChI=1S/C15H23N3S/c1-4-19-15-6-5-13(8-15)17-10-12-7-14(9-16)18(3)11(12)2/h7,13,15,17H,4-6,8,10H2,1-3H3. The van der Waals surface area contributed by atoms with E-state index >= 15 is 0 Å². The van der Waals surface area contributed by atoms with Crippen LogP contribution in [0.4, 0.5) is 0 Å². The number of nitrogens with one attached hydrogen (secondary N) is 1. The second-order valence-electron chi connectivity index (χ2n) is 5.28. The van der Waals surface area contributed by atoms with Crippen LogP contribution >= 0.6 is 11.8 Å². The average molecular weight is 277 g/mol. The monoisotopic (exact) mass is 277 g/mol.